The van der Waals surface area contributed by atoms with Gasteiger partial charge in [0.1, 0.15) is 11.5 Å². The van der Waals surface area contributed by atoms with Crippen molar-refractivity contribution >= 4 is 108 Å². The van der Waals surface area contributed by atoms with Gasteiger partial charge in [-0.2, -0.15) is 0 Å². The van der Waals surface area contributed by atoms with Gasteiger partial charge in [-0.3, -0.25) is 14.2 Å². The second-order valence-corrected chi connectivity index (χ2v) is 15.4. The Bertz CT molecular complexity index is 1840. The fourth-order valence-corrected chi connectivity index (χ4v) is 3.29. The molecule has 0 bridgehead atoms. The molecule has 5 aromatic rings. The molecular weight excluding hydrogens is 708 g/mol. The highest BCUT2D eigenvalue weighted by molar-refractivity contribution is 8.24. The van der Waals surface area contributed by atoms with E-state index in [1.165, 1.54) is 7.11 Å². The van der Waals surface area contributed by atoms with E-state index in [4.69, 9.17) is 44.1 Å². The molecule has 2 heterocycles. The molecule has 0 atom stereocenters. The number of halogens is 6. The van der Waals surface area contributed by atoms with Gasteiger partial charge in [-0.15, -0.1) is 12.4 Å². The molecule has 3 aromatic carbocycles. The van der Waals surface area contributed by atoms with Gasteiger partial charge in [0.05, 0.1) is 47.7 Å². The Balaban J connectivity index is 0.000000299. The normalized spacial score (nSPS) is 10.1. The van der Waals surface area contributed by atoms with Crippen molar-refractivity contribution < 1.29 is 14.0 Å². The monoisotopic (exact) mass is 730 g/mol. The van der Waals surface area contributed by atoms with Crippen LogP contribution in [-0.2, 0) is 4.57 Å². The number of fused-ring (bicyclic) bond motifs is 2. The van der Waals surface area contributed by atoms with Gasteiger partial charge in [-0.1, -0.05) is 29.3 Å². The zero-order chi connectivity index (χ0) is 31.6. The molecule has 5 rings (SSSR count). The van der Waals surface area contributed by atoms with Crippen LogP contribution in [0.5, 0.6) is 11.5 Å². The molecule has 18 heteroatoms. The van der Waals surface area contributed by atoms with Crippen molar-refractivity contribution in [3.8, 4) is 11.5 Å². The molecular formula is C25H25Cl6N6O5P. The summed E-state index contributed by atoms with van der Waals surface area (Å²) >= 11 is 25.3. The number of nitrogen functional groups attached to an aromatic ring is 2. The zero-order valence-electron chi connectivity index (χ0n) is 22.5. The Morgan fingerprint density at radius 3 is 1.74 bits per heavy atom. The summed E-state index contributed by atoms with van der Waals surface area (Å²) in [7, 11) is 3.12. The number of nitrogens with two attached hydrogens (primary N) is 2. The van der Waals surface area contributed by atoms with E-state index in [0.717, 1.165) is 22.3 Å². The smallest absolute Gasteiger partial charge is 0.339 e. The van der Waals surface area contributed by atoms with Crippen molar-refractivity contribution in [1.82, 2.24) is 19.9 Å². The molecule has 43 heavy (non-hydrogen) atoms. The van der Waals surface area contributed by atoms with Crippen molar-refractivity contribution in [1.29, 1.82) is 0 Å². The highest BCUT2D eigenvalue weighted by Gasteiger charge is 2.04. The van der Waals surface area contributed by atoms with Gasteiger partial charge in [0.15, 0.2) is 10.3 Å². The Kier molecular flexibility index (Phi) is 15.4. The van der Waals surface area contributed by atoms with Crippen LogP contribution in [0, 0.1) is 6.92 Å². The van der Waals surface area contributed by atoms with E-state index in [-0.39, 0.29) is 22.7 Å². The Morgan fingerprint density at radius 2 is 1.21 bits per heavy atom. The molecule has 2 aromatic heterocycles. The number of anilines is 2. The minimum atomic E-state index is -3.22. The summed E-state index contributed by atoms with van der Waals surface area (Å²) in [5.41, 5.74) is 14.6. The number of hydrogen-bond donors (Lipinski definition) is 4. The van der Waals surface area contributed by atoms with Gasteiger partial charge in [-0.05, 0) is 82.6 Å². The molecule has 11 nitrogen and oxygen atoms in total. The van der Waals surface area contributed by atoms with Gasteiger partial charge in [0.2, 0.25) is 0 Å². The average Bonchev–Trinajstić information content (AvgIpc) is 2.91. The molecule has 0 amide bonds. The molecule has 0 spiro atoms. The lowest BCUT2D eigenvalue weighted by molar-refractivity contribution is 0.415. The molecule has 0 aliphatic carbocycles. The van der Waals surface area contributed by atoms with Crippen LogP contribution in [0.2, 0.25) is 10.3 Å². The van der Waals surface area contributed by atoms with Crippen molar-refractivity contribution in [2.24, 2.45) is 0 Å². The van der Waals surface area contributed by atoms with E-state index >= 15 is 0 Å². The van der Waals surface area contributed by atoms with Gasteiger partial charge in [0, 0.05) is 12.1 Å². The van der Waals surface area contributed by atoms with Crippen LogP contribution in [0.1, 0.15) is 5.56 Å². The molecule has 0 fully saturated rings. The van der Waals surface area contributed by atoms with Gasteiger partial charge in [-0.25, -0.2) is 9.97 Å². The molecule has 0 aliphatic rings. The third-order valence-electron chi connectivity index (χ3n) is 4.96. The molecule has 0 radical (unpaired) electrons. The maximum Gasteiger partial charge on any atom is 0.339 e. The summed E-state index contributed by atoms with van der Waals surface area (Å²) in [5.74, 6) is 1.35. The molecule has 0 saturated carbocycles. The molecule has 232 valence electrons. The number of nitrogens with zero attached hydrogens (tertiary/aromatic N) is 2. The Morgan fingerprint density at radius 1 is 0.721 bits per heavy atom. The van der Waals surface area contributed by atoms with Crippen molar-refractivity contribution in [2.75, 3.05) is 25.7 Å². The fraction of sp³-hybridized carbons (Fsp3) is 0.120. The number of aryl methyl sites for hydroxylation is 1. The van der Waals surface area contributed by atoms with Crippen LogP contribution >= 0.6 is 74.5 Å². The summed E-state index contributed by atoms with van der Waals surface area (Å²) in [5, 5.41) is -2.72. The third kappa shape index (κ3) is 13.1. The van der Waals surface area contributed by atoms with Crippen LogP contribution in [0.3, 0.4) is 0 Å². The first-order valence-electron chi connectivity index (χ1n) is 11.4. The topological polar surface area (TPSA) is 179 Å². The number of aromatic amines is 2. The number of benzene rings is 3. The quantitative estimate of drug-likeness (QED) is 0.0809. The standard InChI is InChI=1S/C9H6Cl2N2.C9H8N2O3.C7H10N2O.Cl3OP.ClH/c1-5-2-3-6-7(4-5)13-9(11)8(10)12-6;1-14-5-2-3-6-7(4-5)11-9(13)8(12)10-6;1-10-5-2-3-6(8)7(9)4-5;1-5(2,3)4;/h2-4H,1H3;2-4H,1H3,(H,10,12)(H,11,13);2-4H,8-9H2,1H3;;1H. The second-order valence-electron chi connectivity index (χ2n) is 8.01. The van der Waals surface area contributed by atoms with Crippen LogP contribution in [0.25, 0.3) is 22.1 Å². The van der Waals surface area contributed by atoms with Crippen LogP contribution < -0.4 is 32.1 Å². The van der Waals surface area contributed by atoms with E-state index < -0.39 is 16.3 Å². The predicted molar refractivity (Wildman–Crippen MR) is 180 cm³/mol. The van der Waals surface area contributed by atoms with E-state index in [0.29, 0.717) is 28.2 Å². The van der Waals surface area contributed by atoms with E-state index in [9.17, 15) is 14.2 Å². The minimum Gasteiger partial charge on any atom is -0.497 e. The van der Waals surface area contributed by atoms with E-state index in [2.05, 4.69) is 53.7 Å². The zero-order valence-corrected chi connectivity index (χ0v) is 28.0. The van der Waals surface area contributed by atoms with Gasteiger partial charge >= 0.3 is 16.3 Å². The molecule has 6 N–H and O–H groups in total. The SMILES string of the molecule is COc1ccc(N)c(N)c1.COc1ccc2[nH]c(=O)c(=O)[nH]c2c1.Cc1ccc2nc(Cl)c(Cl)nc2c1.Cl.O=P(Cl)(Cl)Cl. The Hall–Kier alpha value is -2.89. The van der Waals surface area contributed by atoms with Crippen LogP contribution in [-0.4, -0.2) is 34.2 Å². The lowest BCUT2D eigenvalue weighted by Crippen LogP contribution is -2.28. The summed E-state index contributed by atoms with van der Waals surface area (Å²) in [4.78, 5) is 35.1. The maximum atomic E-state index is 11.0. The van der Waals surface area contributed by atoms with Crippen molar-refractivity contribution in [2.45, 2.75) is 6.92 Å². The van der Waals surface area contributed by atoms with Crippen molar-refractivity contribution in [3.63, 3.8) is 0 Å². The summed E-state index contributed by atoms with van der Waals surface area (Å²) in [6.45, 7) is 1.99. The summed E-state index contributed by atoms with van der Waals surface area (Å²) in [6.07, 6.45) is 0. The lowest BCUT2D eigenvalue weighted by atomic mass is 10.2. The van der Waals surface area contributed by atoms with Gasteiger partial charge in [0.25, 0.3) is 0 Å². The number of methoxy groups -OCH3 is 2. The highest BCUT2D eigenvalue weighted by atomic mass is 36.0. The number of rotatable bonds is 2. The Labute approximate surface area is 275 Å². The largest absolute Gasteiger partial charge is 0.497 e. The van der Waals surface area contributed by atoms with E-state index in [1.54, 1.807) is 43.5 Å². The van der Waals surface area contributed by atoms with Crippen LogP contribution in [0.15, 0.2) is 64.2 Å². The first kappa shape index (κ1) is 38.1. The average molecular weight is 733 g/mol. The number of ether oxygens (including phenoxy) is 2. The lowest BCUT2D eigenvalue weighted by Gasteiger charge is -2.02. The third-order valence-corrected chi connectivity index (χ3v) is 5.59. The minimum absolute atomic E-state index is 0. The second kappa shape index (κ2) is 17.4. The summed E-state index contributed by atoms with van der Waals surface area (Å²) in [6, 6.07) is 16.0. The van der Waals surface area contributed by atoms with Crippen molar-refractivity contribution in [3.05, 3.63) is 91.2 Å². The predicted octanol–water partition coefficient (Wildman–Crippen LogP) is 7.56. The summed E-state index contributed by atoms with van der Waals surface area (Å²) < 4.78 is 19.4. The first-order chi connectivity index (χ1) is 19.6. The maximum absolute atomic E-state index is 11.0. The van der Waals surface area contributed by atoms with E-state index in [1.807, 2.05) is 25.1 Å². The number of H-pyrrole nitrogens is 2. The molecule has 0 aliphatic heterocycles. The molecule has 0 unspecified atom stereocenters. The molecule has 0 saturated heterocycles. The number of nitrogens with one attached hydrogen (secondary N) is 2. The number of hydrogen-bond acceptors (Lipinski definition) is 9. The van der Waals surface area contributed by atoms with Crippen LogP contribution in [0.4, 0.5) is 11.4 Å². The fourth-order valence-electron chi connectivity index (χ4n) is 3.02. The highest BCUT2D eigenvalue weighted by Crippen LogP contribution is 2.61. The number of aromatic nitrogens is 4. The first-order valence-corrected chi connectivity index (χ1v) is 16.6. The van der Waals surface area contributed by atoms with Gasteiger partial charge < -0.3 is 30.9 Å².